The maximum absolute atomic E-state index is 11.4. The number of hydrogen-bond acceptors (Lipinski definition) is 3. The van der Waals surface area contributed by atoms with Gasteiger partial charge in [0.2, 0.25) is 0 Å². The van der Waals surface area contributed by atoms with Crippen molar-refractivity contribution in [3.8, 4) is 0 Å². The van der Waals surface area contributed by atoms with E-state index in [4.69, 9.17) is 5.73 Å². The summed E-state index contributed by atoms with van der Waals surface area (Å²) in [4.78, 5) is 13.5. The second-order valence-electron chi connectivity index (χ2n) is 3.38. The minimum atomic E-state index is 0.0377. The molecule has 1 aliphatic heterocycles. The van der Waals surface area contributed by atoms with Crippen LogP contribution in [0.1, 0.15) is 6.42 Å². The summed E-state index contributed by atoms with van der Waals surface area (Å²) in [5.74, 6) is 0.860. The highest BCUT2D eigenvalue weighted by atomic mass is 16.1. The second-order valence-corrected chi connectivity index (χ2v) is 3.38. The van der Waals surface area contributed by atoms with Gasteiger partial charge in [0, 0.05) is 26.2 Å². The van der Waals surface area contributed by atoms with Gasteiger partial charge in [0.1, 0.15) is 5.82 Å². The molecule has 0 fully saturated rings. The molecule has 13 heavy (non-hydrogen) atoms. The maximum atomic E-state index is 11.4. The van der Waals surface area contributed by atoms with Crippen LogP contribution in [-0.4, -0.2) is 18.2 Å². The molecule has 2 heterocycles. The lowest BCUT2D eigenvalue weighted by Crippen LogP contribution is -2.35. The summed E-state index contributed by atoms with van der Waals surface area (Å²) in [6.07, 6.45) is 1.01. The zero-order valence-electron chi connectivity index (χ0n) is 7.66. The molecule has 0 aromatic carbocycles. The minimum absolute atomic E-state index is 0.0377. The fourth-order valence-corrected chi connectivity index (χ4v) is 1.80. The molecule has 0 saturated heterocycles. The average molecular weight is 179 g/mol. The first-order valence-electron chi connectivity index (χ1n) is 4.40. The number of nitrogens with two attached hydrogens (primary N) is 1. The molecule has 0 aliphatic carbocycles. The van der Waals surface area contributed by atoms with Crippen molar-refractivity contribution in [1.82, 2.24) is 4.57 Å². The molecule has 0 amide bonds. The summed E-state index contributed by atoms with van der Waals surface area (Å²) in [6.45, 7) is 1.75. The molecule has 4 heteroatoms. The first kappa shape index (κ1) is 8.16. The molecule has 0 atom stereocenters. The highest BCUT2D eigenvalue weighted by Gasteiger charge is 2.16. The Morgan fingerprint density at radius 2 is 2.15 bits per heavy atom. The number of nitrogens with zero attached hydrogens (tertiary/aromatic N) is 2. The molecule has 1 aromatic heterocycles. The molecule has 1 aliphatic rings. The molecular weight excluding hydrogens is 166 g/mol. The molecule has 4 nitrogen and oxygen atoms in total. The van der Waals surface area contributed by atoms with Crippen LogP contribution in [-0.2, 0) is 6.54 Å². The van der Waals surface area contributed by atoms with E-state index in [0.29, 0.717) is 5.69 Å². The summed E-state index contributed by atoms with van der Waals surface area (Å²) in [7, 11) is 1.96. The number of anilines is 2. The van der Waals surface area contributed by atoms with Crippen molar-refractivity contribution in [2.45, 2.75) is 13.0 Å². The number of pyridine rings is 1. The third-order valence-corrected chi connectivity index (χ3v) is 2.42. The van der Waals surface area contributed by atoms with Crippen molar-refractivity contribution in [1.29, 1.82) is 0 Å². The van der Waals surface area contributed by atoms with Gasteiger partial charge in [-0.05, 0) is 12.5 Å². The van der Waals surface area contributed by atoms with Gasteiger partial charge < -0.3 is 10.6 Å². The Hall–Kier alpha value is -1.45. The normalized spacial score (nSPS) is 15.6. The van der Waals surface area contributed by atoms with E-state index in [9.17, 15) is 4.79 Å². The van der Waals surface area contributed by atoms with E-state index in [2.05, 4.69) is 0 Å². The lowest BCUT2D eigenvalue weighted by Gasteiger charge is -2.29. The zero-order valence-corrected chi connectivity index (χ0v) is 7.66. The summed E-state index contributed by atoms with van der Waals surface area (Å²) >= 11 is 0. The Balaban J connectivity index is 2.67. The van der Waals surface area contributed by atoms with Crippen molar-refractivity contribution < 1.29 is 0 Å². The van der Waals surface area contributed by atoms with Gasteiger partial charge in [-0.1, -0.05) is 0 Å². The fourth-order valence-electron chi connectivity index (χ4n) is 1.80. The number of rotatable bonds is 0. The topological polar surface area (TPSA) is 51.3 Å². The summed E-state index contributed by atoms with van der Waals surface area (Å²) in [6, 6.07) is 3.20. The Morgan fingerprint density at radius 3 is 2.85 bits per heavy atom. The Kier molecular flexibility index (Phi) is 1.76. The lowest BCUT2D eigenvalue weighted by atomic mass is 10.2. The molecule has 2 rings (SSSR count). The fraction of sp³-hybridized carbons (Fsp3) is 0.444. The third-order valence-electron chi connectivity index (χ3n) is 2.42. The van der Waals surface area contributed by atoms with Crippen LogP contribution in [0.5, 0.6) is 0 Å². The molecule has 70 valence electrons. The van der Waals surface area contributed by atoms with E-state index in [0.717, 1.165) is 25.3 Å². The van der Waals surface area contributed by atoms with E-state index >= 15 is 0 Å². The molecule has 2 N–H and O–H groups in total. The van der Waals surface area contributed by atoms with Gasteiger partial charge in [0.15, 0.2) is 0 Å². The first-order valence-corrected chi connectivity index (χ1v) is 4.40. The van der Waals surface area contributed by atoms with Gasteiger partial charge in [-0.3, -0.25) is 9.36 Å². The van der Waals surface area contributed by atoms with Crippen LogP contribution in [0.25, 0.3) is 0 Å². The van der Waals surface area contributed by atoms with Crippen molar-refractivity contribution in [3.63, 3.8) is 0 Å². The molecule has 0 saturated carbocycles. The molecule has 1 aromatic rings. The maximum Gasteiger partial charge on any atom is 0.252 e. The Labute approximate surface area is 76.6 Å². The summed E-state index contributed by atoms with van der Waals surface area (Å²) < 4.78 is 1.73. The van der Waals surface area contributed by atoms with Crippen LogP contribution >= 0.6 is 0 Å². The van der Waals surface area contributed by atoms with E-state index in [1.165, 1.54) is 6.07 Å². The Morgan fingerprint density at radius 1 is 1.38 bits per heavy atom. The first-order chi connectivity index (χ1) is 6.20. The van der Waals surface area contributed by atoms with Crippen LogP contribution in [0.4, 0.5) is 11.5 Å². The third kappa shape index (κ3) is 1.18. The Bertz CT molecular complexity index is 383. The van der Waals surface area contributed by atoms with Crippen LogP contribution in [0.15, 0.2) is 16.9 Å². The number of aromatic nitrogens is 1. The number of fused-ring (bicyclic) bond motifs is 1. The summed E-state index contributed by atoms with van der Waals surface area (Å²) in [5.41, 5.74) is 6.52. The van der Waals surface area contributed by atoms with Gasteiger partial charge in [0.25, 0.3) is 5.56 Å². The van der Waals surface area contributed by atoms with E-state index in [1.807, 2.05) is 11.9 Å². The molecule has 0 unspecified atom stereocenters. The van der Waals surface area contributed by atoms with Crippen molar-refractivity contribution in [3.05, 3.63) is 22.5 Å². The summed E-state index contributed by atoms with van der Waals surface area (Å²) in [5, 5.41) is 0. The second kappa shape index (κ2) is 2.80. The smallest absolute Gasteiger partial charge is 0.252 e. The van der Waals surface area contributed by atoms with Gasteiger partial charge in [-0.2, -0.15) is 0 Å². The molecule has 0 spiro atoms. The van der Waals surface area contributed by atoms with Crippen LogP contribution in [0.3, 0.4) is 0 Å². The largest absolute Gasteiger partial charge is 0.396 e. The van der Waals surface area contributed by atoms with Gasteiger partial charge in [-0.15, -0.1) is 0 Å². The van der Waals surface area contributed by atoms with E-state index in [-0.39, 0.29) is 5.56 Å². The number of nitrogen functional groups attached to an aromatic ring is 1. The van der Waals surface area contributed by atoms with Gasteiger partial charge >= 0.3 is 0 Å². The average Bonchev–Trinajstić information content (AvgIpc) is 2.12. The molecular formula is C9H13N3O. The highest BCUT2D eigenvalue weighted by Crippen LogP contribution is 2.23. The highest BCUT2D eigenvalue weighted by molar-refractivity contribution is 5.63. The van der Waals surface area contributed by atoms with Crippen LogP contribution in [0.2, 0.25) is 0 Å². The molecule has 0 bridgehead atoms. The monoisotopic (exact) mass is 179 g/mol. The van der Waals surface area contributed by atoms with Gasteiger partial charge in [0.05, 0.1) is 5.69 Å². The quantitative estimate of drug-likeness (QED) is 0.622. The standard InChI is InChI=1S/C9H13N3O/c1-11-5-2-6-12-8(13)4-3-7(10)9(11)12/h3-4H,2,5-6,10H2,1H3. The minimum Gasteiger partial charge on any atom is -0.396 e. The zero-order chi connectivity index (χ0) is 9.42. The van der Waals surface area contributed by atoms with Crippen LogP contribution in [0, 0.1) is 0 Å². The molecule has 0 radical (unpaired) electrons. The SMILES string of the molecule is CN1CCCn2c1c(N)ccc2=O. The van der Waals surface area contributed by atoms with Crippen molar-refractivity contribution >= 4 is 11.5 Å². The van der Waals surface area contributed by atoms with Crippen molar-refractivity contribution in [2.24, 2.45) is 0 Å². The van der Waals surface area contributed by atoms with E-state index < -0.39 is 0 Å². The van der Waals surface area contributed by atoms with E-state index in [1.54, 1.807) is 10.6 Å². The predicted molar refractivity (Wildman–Crippen MR) is 53.0 cm³/mol. The van der Waals surface area contributed by atoms with Gasteiger partial charge in [-0.25, -0.2) is 0 Å². The van der Waals surface area contributed by atoms with Crippen molar-refractivity contribution in [2.75, 3.05) is 24.2 Å². The predicted octanol–water partition coefficient (Wildman–Crippen LogP) is 0.270. The lowest BCUT2D eigenvalue weighted by molar-refractivity contribution is 0.567. The number of hydrogen-bond donors (Lipinski definition) is 1. The van der Waals surface area contributed by atoms with Crippen LogP contribution < -0.4 is 16.2 Å².